The largest absolute Gasteiger partial charge is 0.343 e. The molecule has 2 unspecified atom stereocenters. The molecule has 0 aliphatic heterocycles. The van der Waals surface area contributed by atoms with E-state index < -0.39 is 0 Å². The lowest BCUT2D eigenvalue weighted by molar-refractivity contribution is 0.407. The summed E-state index contributed by atoms with van der Waals surface area (Å²) in [7, 11) is 0. The molecule has 0 aromatic carbocycles. The molecule has 9 heavy (non-hydrogen) atoms. The van der Waals surface area contributed by atoms with Crippen molar-refractivity contribution < 1.29 is 0 Å². The van der Waals surface area contributed by atoms with E-state index >= 15 is 0 Å². The van der Waals surface area contributed by atoms with Crippen molar-refractivity contribution in [1.82, 2.24) is 0 Å². The van der Waals surface area contributed by atoms with Crippen molar-refractivity contribution in [3.05, 3.63) is 6.92 Å². The topological polar surface area (TPSA) is 0 Å². The van der Waals surface area contributed by atoms with Crippen LogP contribution in [0.25, 0.3) is 0 Å². The van der Waals surface area contributed by atoms with Gasteiger partial charge in [0.15, 0.2) is 0 Å². The quantitative estimate of drug-likeness (QED) is 0.508. The summed E-state index contributed by atoms with van der Waals surface area (Å²) in [6, 6.07) is 0. The summed E-state index contributed by atoms with van der Waals surface area (Å²) in [6.07, 6.45) is 3.74. The summed E-state index contributed by atoms with van der Waals surface area (Å²) >= 11 is 0. The fourth-order valence-electron chi connectivity index (χ4n) is 0.971. The molecule has 0 aromatic rings. The van der Waals surface area contributed by atoms with E-state index in [1.165, 1.54) is 12.8 Å². The Morgan fingerprint density at radius 1 is 1.22 bits per heavy atom. The maximum Gasteiger partial charge on any atom is -0.0444 e. The summed E-state index contributed by atoms with van der Waals surface area (Å²) in [5.74, 6) is 1.71. The molecule has 0 aliphatic carbocycles. The van der Waals surface area contributed by atoms with E-state index in [2.05, 4.69) is 27.7 Å². The Balaban J connectivity index is 3.22. The third-order valence-corrected chi connectivity index (χ3v) is 1.99. The van der Waals surface area contributed by atoms with E-state index in [-0.39, 0.29) is 0 Å². The Morgan fingerprint density at radius 3 is 2.11 bits per heavy atom. The van der Waals surface area contributed by atoms with E-state index in [4.69, 9.17) is 0 Å². The highest BCUT2D eigenvalue weighted by atomic mass is 14.1. The zero-order valence-corrected chi connectivity index (χ0v) is 6.98. The molecular formula is C9H19-. The molecule has 0 amide bonds. The molecule has 0 aromatic heterocycles. The summed E-state index contributed by atoms with van der Waals surface area (Å²) in [5.41, 5.74) is 0. The van der Waals surface area contributed by atoms with Gasteiger partial charge in [0.1, 0.15) is 0 Å². The summed E-state index contributed by atoms with van der Waals surface area (Å²) in [5, 5.41) is 0. The molecule has 0 heteroatoms. The van der Waals surface area contributed by atoms with Gasteiger partial charge >= 0.3 is 0 Å². The average Bonchev–Trinajstić information content (AvgIpc) is 1.87. The van der Waals surface area contributed by atoms with Crippen molar-refractivity contribution in [3.63, 3.8) is 0 Å². The molecule has 0 N–H and O–H groups in total. The van der Waals surface area contributed by atoms with Gasteiger partial charge in [0.2, 0.25) is 0 Å². The van der Waals surface area contributed by atoms with Crippen LogP contribution in [0.15, 0.2) is 0 Å². The van der Waals surface area contributed by atoms with Crippen LogP contribution in [-0.2, 0) is 0 Å². The first kappa shape index (κ1) is 9.00. The van der Waals surface area contributed by atoms with Crippen LogP contribution in [0.4, 0.5) is 0 Å². The molecule has 0 fully saturated rings. The average molecular weight is 127 g/mol. The standard InChI is InChI=1S/C9H19/c1-5-8(3)7-9(4)6-2/h8-9H,1,5-7H2,2-4H3/q-1. The molecule has 0 radical (unpaired) electrons. The fourth-order valence-corrected chi connectivity index (χ4v) is 0.971. The van der Waals surface area contributed by atoms with Crippen molar-refractivity contribution in [2.75, 3.05) is 0 Å². The lowest BCUT2D eigenvalue weighted by atomic mass is 9.94. The minimum absolute atomic E-state index is 0.819. The van der Waals surface area contributed by atoms with Gasteiger partial charge in [-0.1, -0.05) is 39.5 Å². The highest BCUT2D eigenvalue weighted by molar-refractivity contribution is 4.58. The molecule has 2 atom stereocenters. The van der Waals surface area contributed by atoms with Gasteiger partial charge < -0.3 is 6.92 Å². The summed E-state index contributed by atoms with van der Waals surface area (Å²) in [4.78, 5) is 0. The Morgan fingerprint density at radius 2 is 1.78 bits per heavy atom. The van der Waals surface area contributed by atoms with Crippen molar-refractivity contribution in [1.29, 1.82) is 0 Å². The Hall–Kier alpha value is 0. The fraction of sp³-hybridized carbons (Fsp3) is 0.889. The molecule has 0 aliphatic rings. The Kier molecular flexibility index (Phi) is 4.84. The van der Waals surface area contributed by atoms with E-state index in [0.29, 0.717) is 0 Å². The smallest absolute Gasteiger partial charge is 0.0444 e. The molecule has 0 saturated carbocycles. The second kappa shape index (κ2) is 4.84. The van der Waals surface area contributed by atoms with Crippen LogP contribution >= 0.6 is 0 Å². The monoisotopic (exact) mass is 127 g/mol. The second-order valence-electron chi connectivity index (χ2n) is 3.14. The van der Waals surface area contributed by atoms with Crippen molar-refractivity contribution in [2.45, 2.75) is 40.0 Å². The van der Waals surface area contributed by atoms with Gasteiger partial charge in [-0.15, -0.1) is 0 Å². The van der Waals surface area contributed by atoms with E-state index in [0.717, 1.165) is 18.3 Å². The van der Waals surface area contributed by atoms with Crippen molar-refractivity contribution in [3.8, 4) is 0 Å². The van der Waals surface area contributed by atoms with Gasteiger partial charge in [-0.3, -0.25) is 0 Å². The normalized spacial score (nSPS) is 17.3. The van der Waals surface area contributed by atoms with Gasteiger partial charge in [-0.2, -0.15) is 6.42 Å². The van der Waals surface area contributed by atoms with Gasteiger partial charge in [-0.05, 0) is 5.92 Å². The predicted octanol–water partition coefficient (Wildman–Crippen LogP) is 3.28. The van der Waals surface area contributed by atoms with Crippen LogP contribution in [0.5, 0.6) is 0 Å². The first-order chi connectivity index (χ1) is 4.20. The van der Waals surface area contributed by atoms with Crippen molar-refractivity contribution in [2.24, 2.45) is 11.8 Å². The predicted molar refractivity (Wildman–Crippen MR) is 43.2 cm³/mol. The minimum atomic E-state index is 0.819. The third kappa shape index (κ3) is 4.50. The highest BCUT2D eigenvalue weighted by Crippen LogP contribution is 2.16. The van der Waals surface area contributed by atoms with Crippen molar-refractivity contribution >= 4 is 0 Å². The first-order valence-electron chi connectivity index (χ1n) is 3.99. The number of rotatable bonds is 4. The summed E-state index contributed by atoms with van der Waals surface area (Å²) in [6.45, 7) is 10.7. The van der Waals surface area contributed by atoms with Gasteiger partial charge in [-0.25, -0.2) is 0 Å². The second-order valence-corrected chi connectivity index (χ2v) is 3.14. The van der Waals surface area contributed by atoms with Gasteiger partial charge in [0, 0.05) is 0 Å². The van der Waals surface area contributed by atoms with E-state index in [9.17, 15) is 0 Å². The van der Waals surface area contributed by atoms with E-state index in [1.54, 1.807) is 0 Å². The molecule has 0 heterocycles. The lowest BCUT2D eigenvalue weighted by Crippen LogP contribution is -2.00. The zero-order valence-electron chi connectivity index (χ0n) is 6.98. The van der Waals surface area contributed by atoms with Crippen LogP contribution in [0.2, 0.25) is 0 Å². The molecule has 56 valence electrons. The number of hydrogen-bond acceptors (Lipinski definition) is 0. The van der Waals surface area contributed by atoms with E-state index in [1.807, 2.05) is 0 Å². The van der Waals surface area contributed by atoms with Gasteiger partial charge in [0.05, 0.1) is 0 Å². The minimum Gasteiger partial charge on any atom is -0.343 e. The van der Waals surface area contributed by atoms with Crippen LogP contribution in [0.3, 0.4) is 0 Å². The Bertz CT molecular complexity index is 49.1. The first-order valence-corrected chi connectivity index (χ1v) is 3.99. The van der Waals surface area contributed by atoms with Crippen LogP contribution in [-0.4, -0.2) is 0 Å². The molecular weight excluding hydrogens is 108 g/mol. The molecule has 0 bridgehead atoms. The maximum absolute atomic E-state index is 3.87. The van der Waals surface area contributed by atoms with Gasteiger partial charge in [0.25, 0.3) is 0 Å². The third-order valence-electron chi connectivity index (χ3n) is 1.99. The lowest BCUT2D eigenvalue weighted by Gasteiger charge is -2.15. The molecule has 0 nitrogen and oxygen atoms in total. The van der Waals surface area contributed by atoms with Crippen LogP contribution in [0.1, 0.15) is 40.0 Å². The zero-order chi connectivity index (χ0) is 7.28. The summed E-state index contributed by atoms with van der Waals surface area (Å²) < 4.78 is 0. The maximum atomic E-state index is 3.87. The van der Waals surface area contributed by atoms with Crippen LogP contribution in [0, 0.1) is 18.8 Å². The van der Waals surface area contributed by atoms with Crippen LogP contribution < -0.4 is 0 Å². The number of hydrogen-bond donors (Lipinski definition) is 0. The highest BCUT2D eigenvalue weighted by Gasteiger charge is 2.01. The molecule has 0 saturated heterocycles. The Labute approximate surface area is 59.7 Å². The molecule has 0 spiro atoms. The SMILES string of the molecule is [CH2-]CC(C)CC(C)CC. The molecule has 0 rings (SSSR count).